The number of nitrogens with zero attached hydrogens (tertiary/aromatic N) is 7. The molecular formula is C77H57N7O4. The summed E-state index contributed by atoms with van der Waals surface area (Å²) >= 11 is 0. The lowest BCUT2D eigenvalue weighted by atomic mass is 10.1. The summed E-state index contributed by atoms with van der Waals surface area (Å²) in [6, 6.07) is 89.2. The van der Waals surface area contributed by atoms with Gasteiger partial charge in [-0.05, 0) is 84.9 Å². The molecule has 0 amide bonds. The van der Waals surface area contributed by atoms with Crippen LogP contribution in [-0.4, -0.2) is 59.2 Å². The molecule has 0 aliphatic heterocycles. The van der Waals surface area contributed by atoms with Crippen LogP contribution in [0.5, 0.6) is 23.0 Å². The van der Waals surface area contributed by atoms with Gasteiger partial charge in [-0.2, -0.15) is 0 Å². The Morgan fingerprint density at radius 1 is 0.239 bits per heavy atom. The van der Waals surface area contributed by atoms with Crippen LogP contribution in [-0.2, 0) is 7.05 Å². The summed E-state index contributed by atoms with van der Waals surface area (Å²) in [5, 5.41) is 11.6. The van der Waals surface area contributed by atoms with Crippen LogP contribution in [0.3, 0.4) is 0 Å². The first-order valence-electron chi connectivity index (χ1n) is 30.1. The van der Waals surface area contributed by atoms with Crippen LogP contribution < -0.4 is 18.9 Å². The van der Waals surface area contributed by atoms with Crippen LogP contribution in [0.15, 0.2) is 255 Å². The highest BCUT2D eigenvalue weighted by atomic mass is 16.5. The number of hydrogen-bond donors (Lipinski definition) is 0. The molecule has 0 atom stereocenters. The topological polar surface area (TPSA) is 87.3 Å². The molecule has 0 aliphatic rings. The van der Waals surface area contributed by atoms with E-state index in [1.807, 2.05) is 0 Å². The van der Waals surface area contributed by atoms with Crippen molar-refractivity contribution in [2.45, 2.75) is 12.8 Å². The molecule has 88 heavy (non-hydrogen) atoms. The maximum atomic E-state index is 6.70. The van der Waals surface area contributed by atoms with Crippen molar-refractivity contribution < 1.29 is 18.9 Å². The molecule has 7 heterocycles. The fourth-order valence-electron chi connectivity index (χ4n) is 13.5. The van der Waals surface area contributed by atoms with E-state index in [9.17, 15) is 0 Å². The Hall–Kier alpha value is -11.3. The summed E-state index contributed by atoms with van der Waals surface area (Å²) in [7, 11) is 2.11. The summed E-state index contributed by atoms with van der Waals surface area (Å²) in [6.07, 6.45) is 1.33. The van der Waals surface area contributed by atoms with Gasteiger partial charge in [-0.15, -0.1) is 0 Å². The highest BCUT2D eigenvalue weighted by Crippen LogP contribution is 2.40. The van der Waals surface area contributed by atoms with Crippen LogP contribution in [0, 0.1) is 0 Å². The van der Waals surface area contributed by atoms with Crippen LogP contribution in [0.1, 0.15) is 12.8 Å². The lowest BCUT2D eigenvalue weighted by Gasteiger charge is -2.15. The molecule has 17 aromatic rings. The standard InChI is InChI=1S/C77H57N7O4/c1-80-64-38-36-50(85-40-18-42-87-52-46-74(81-66-28-10-2-20-54(66)55-21-3-11-29-67(55)81)78-75(47-52)82-68-30-12-4-22-56(68)57-23-5-13-31-69(57)82)44-62(64)63-45-51(37-39-65(63)80)86-41-19-43-88-53-48-76(83-70-32-14-6-24-58(70)59-25-7-15-33-71(59)83)79-77(49-53)84-72-34-16-8-26-60(72)61-27-9-17-35-73(61)84/h2-17,20-39,44-49H,18-19,40-43H2,1H3. The Bertz CT molecular complexity index is 4770. The lowest BCUT2D eigenvalue weighted by Crippen LogP contribution is -2.08. The maximum Gasteiger partial charge on any atom is 0.143 e. The number of benzene rings is 10. The normalized spacial score (nSPS) is 12.0. The minimum atomic E-state index is 0.446. The molecule has 0 unspecified atom stereocenters. The summed E-state index contributed by atoms with van der Waals surface area (Å²) in [5.74, 6) is 6.20. The molecule has 0 radical (unpaired) electrons. The predicted octanol–water partition coefficient (Wildman–Crippen LogP) is 18.2. The number of aryl methyl sites for hydroxylation is 1. The van der Waals surface area contributed by atoms with Crippen molar-refractivity contribution in [1.29, 1.82) is 0 Å². The van der Waals surface area contributed by atoms with E-state index in [-0.39, 0.29) is 0 Å². The van der Waals surface area contributed by atoms with Gasteiger partial charge in [-0.25, -0.2) is 9.97 Å². The summed E-state index contributed by atoms with van der Waals surface area (Å²) in [5.41, 5.74) is 10.9. The van der Waals surface area contributed by atoms with E-state index in [1.54, 1.807) is 0 Å². The molecule has 11 heteroatoms. The van der Waals surface area contributed by atoms with Crippen molar-refractivity contribution in [3.05, 3.63) is 255 Å². The average Bonchev–Trinajstić information content (AvgIpc) is 2.25. The Kier molecular flexibility index (Phi) is 12.2. The molecule has 0 bridgehead atoms. The van der Waals surface area contributed by atoms with Gasteiger partial charge >= 0.3 is 0 Å². The highest BCUT2D eigenvalue weighted by molar-refractivity contribution is 6.13. The van der Waals surface area contributed by atoms with E-state index in [0.717, 1.165) is 112 Å². The minimum absolute atomic E-state index is 0.446. The molecule has 7 aromatic heterocycles. The quantitative estimate of drug-likeness (QED) is 0.0896. The fourth-order valence-corrected chi connectivity index (χ4v) is 13.5. The zero-order valence-corrected chi connectivity index (χ0v) is 48.3. The van der Waals surface area contributed by atoms with Gasteiger partial charge in [0.05, 0.1) is 70.6 Å². The minimum Gasteiger partial charge on any atom is -0.493 e. The van der Waals surface area contributed by atoms with Crippen molar-refractivity contribution in [3.63, 3.8) is 0 Å². The molecule has 0 N–H and O–H groups in total. The van der Waals surface area contributed by atoms with Gasteiger partial charge in [0, 0.05) is 109 Å². The SMILES string of the molecule is Cn1c2ccc(OCCCOc3cc(-n4c5ccccc5c5ccccc54)nc(-n4c5ccccc5c5ccccc54)c3)cc2c2cc(OCCCOc3cc(-n4c5ccccc5c5ccccc54)nc(-n4c5ccccc5c5ccccc54)c3)ccc21. The van der Waals surface area contributed by atoms with Crippen molar-refractivity contribution in [1.82, 2.24) is 32.8 Å². The molecule has 0 aliphatic carbocycles. The predicted molar refractivity (Wildman–Crippen MR) is 357 cm³/mol. The number of ether oxygens (including phenoxy) is 4. The van der Waals surface area contributed by atoms with Crippen LogP contribution in [0.2, 0.25) is 0 Å². The van der Waals surface area contributed by atoms with Crippen molar-refractivity contribution >= 4 is 109 Å². The zero-order chi connectivity index (χ0) is 58.2. The van der Waals surface area contributed by atoms with Crippen molar-refractivity contribution in [3.8, 4) is 46.3 Å². The van der Waals surface area contributed by atoms with E-state index >= 15 is 0 Å². The molecule has 11 nitrogen and oxygen atoms in total. The smallest absolute Gasteiger partial charge is 0.143 e. The molecule has 424 valence electrons. The Morgan fingerprint density at radius 2 is 0.466 bits per heavy atom. The van der Waals surface area contributed by atoms with Gasteiger partial charge in [-0.1, -0.05) is 146 Å². The first-order chi connectivity index (χ1) is 43.6. The number of rotatable bonds is 16. The lowest BCUT2D eigenvalue weighted by molar-refractivity contribution is 0.247. The molecule has 0 fully saturated rings. The third-order valence-electron chi connectivity index (χ3n) is 17.4. The van der Waals surface area contributed by atoms with Crippen molar-refractivity contribution in [2.75, 3.05) is 26.4 Å². The van der Waals surface area contributed by atoms with E-state index in [0.29, 0.717) is 39.3 Å². The summed E-state index contributed by atoms with van der Waals surface area (Å²) in [6.45, 7) is 1.84. The van der Waals surface area contributed by atoms with E-state index < -0.39 is 0 Å². The van der Waals surface area contributed by atoms with Gasteiger partial charge in [0.15, 0.2) is 0 Å². The van der Waals surface area contributed by atoms with Crippen molar-refractivity contribution in [2.24, 2.45) is 7.05 Å². The number of fused-ring (bicyclic) bond motifs is 15. The van der Waals surface area contributed by atoms with Gasteiger partial charge in [0.1, 0.15) is 46.3 Å². The molecule has 0 saturated carbocycles. The number of aromatic nitrogens is 7. The molecular weight excluding hydrogens is 1090 g/mol. The molecule has 10 aromatic carbocycles. The van der Waals surface area contributed by atoms with Gasteiger partial charge in [0.25, 0.3) is 0 Å². The second-order valence-corrected chi connectivity index (χ2v) is 22.5. The Balaban J connectivity index is 0.604. The highest BCUT2D eigenvalue weighted by Gasteiger charge is 2.21. The first kappa shape index (κ1) is 51.1. The largest absolute Gasteiger partial charge is 0.493 e. The Labute approximate surface area is 505 Å². The number of para-hydroxylation sites is 8. The Morgan fingerprint density at radius 3 is 0.716 bits per heavy atom. The third-order valence-corrected chi connectivity index (χ3v) is 17.4. The second kappa shape index (κ2) is 21.0. The van der Waals surface area contributed by atoms with Gasteiger partial charge < -0.3 is 23.5 Å². The van der Waals surface area contributed by atoms with E-state index in [1.165, 1.54) is 43.1 Å². The summed E-state index contributed by atoms with van der Waals surface area (Å²) in [4.78, 5) is 10.9. The molecule has 17 rings (SSSR count). The summed E-state index contributed by atoms with van der Waals surface area (Å²) < 4.78 is 37.6. The monoisotopic (exact) mass is 1140 g/mol. The second-order valence-electron chi connectivity index (χ2n) is 22.5. The maximum absolute atomic E-state index is 6.70. The molecule has 0 saturated heterocycles. The van der Waals surface area contributed by atoms with Crippen LogP contribution >= 0.6 is 0 Å². The molecule has 0 spiro atoms. The number of hydrogen-bond acceptors (Lipinski definition) is 6. The van der Waals surface area contributed by atoms with Gasteiger partial charge in [-0.3, -0.25) is 18.3 Å². The fraction of sp³-hybridized carbons (Fsp3) is 0.0909. The van der Waals surface area contributed by atoms with Gasteiger partial charge in [0.2, 0.25) is 0 Å². The average molecular weight is 1140 g/mol. The van der Waals surface area contributed by atoms with Crippen LogP contribution in [0.25, 0.3) is 132 Å². The van der Waals surface area contributed by atoms with E-state index in [4.69, 9.17) is 28.9 Å². The third kappa shape index (κ3) is 8.48. The van der Waals surface area contributed by atoms with E-state index in [2.05, 4.69) is 285 Å². The van der Waals surface area contributed by atoms with Crippen LogP contribution in [0.4, 0.5) is 0 Å². The number of pyridine rings is 2. The zero-order valence-electron chi connectivity index (χ0n) is 48.3. The first-order valence-corrected chi connectivity index (χ1v) is 30.1.